The molecular weight excluding hydrogens is 326 g/mol. The summed E-state index contributed by atoms with van der Waals surface area (Å²) < 4.78 is 5.30. The van der Waals surface area contributed by atoms with Gasteiger partial charge in [-0.3, -0.25) is 14.7 Å². The Morgan fingerprint density at radius 1 is 1.08 bits per heavy atom. The summed E-state index contributed by atoms with van der Waals surface area (Å²) in [6.07, 6.45) is 5.59. The van der Waals surface area contributed by atoms with Crippen molar-refractivity contribution in [1.29, 1.82) is 0 Å². The van der Waals surface area contributed by atoms with Crippen LogP contribution in [0.5, 0.6) is 5.75 Å². The molecule has 3 heterocycles. The van der Waals surface area contributed by atoms with Crippen LogP contribution in [0.2, 0.25) is 0 Å². The van der Waals surface area contributed by atoms with Gasteiger partial charge in [-0.05, 0) is 54.8 Å². The minimum atomic E-state index is -0.189. The molecule has 5 nitrogen and oxygen atoms in total. The maximum Gasteiger partial charge on any atom is 0.230 e. The molecule has 1 aromatic heterocycles. The van der Waals surface area contributed by atoms with Gasteiger partial charge < -0.3 is 9.64 Å². The maximum absolute atomic E-state index is 13.1. The van der Waals surface area contributed by atoms with Gasteiger partial charge >= 0.3 is 0 Å². The third-order valence-electron chi connectivity index (χ3n) is 5.70. The normalized spacial score (nSPS) is 23.1. The lowest BCUT2D eigenvalue weighted by atomic mass is 9.85. The van der Waals surface area contributed by atoms with Crippen molar-refractivity contribution in [3.05, 3.63) is 59.9 Å². The van der Waals surface area contributed by atoms with Gasteiger partial charge in [-0.15, -0.1) is 0 Å². The van der Waals surface area contributed by atoms with Crippen LogP contribution in [-0.2, 0) is 17.9 Å². The molecule has 0 saturated carbocycles. The molecule has 1 spiro atoms. The number of aromatic nitrogens is 1. The minimum Gasteiger partial charge on any atom is -0.497 e. The van der Waals surface area contributed by atoms with Gasteiger partial charge in [-0.2, -0.15) is 0 Å². The third-order valence-corrected chi connectivity index (χ3v) is 5.70. The van der Waals surface area contributed by atoms with E-state index in [1.807, 2.05) is 35.5 Å². The quantitative estimate of drug-likeness (QED) is 0.831. The summed E-state index contributed by atoms with van der Waals surface area (Å²) in [6.45, 7) is 4.26. The van der Waals surface area contributed by atoms with Crippen LogP contribution in [0.3, 0.4) is 0 Å². The van der Waals surface area contributed by atoms with Gasteiger partial charge in [0.2, 0.25) is 5.91 Å². The summed E-state index contributed by atoms with van der Waals surface area (Å²) in [7, 11) is 1.67. The summed E-state index contributed by atoms with van der Waals surface area (Å²) >= 11 is 0. The first kappa shape index (κ1) is 17.0. The van der Waals surface area contributed by atoms with Crippen LogP contribution >= 0.6 is 0 Å². The number of hydrogen-bond acceptors (Lipinski definition) is 4. The van der Waals surface area contributed by atoms with Crippen molar-refractivity contribution in [2.45, 2.75) is 25.9 Å². The number of nitrogens with zero attached hydrogens (tertiary/aromatic N) is 3. The van der Waals surface area contributed by atoms with E-state index in [9.17, 15) is 4.79 Å². The Morgan fingerprint density at radius 2 is 1.88 bits per heavy atom. The summed E-state index contributed by atoms with van der Waals surface area (Å²) in [5, 5.41) is 0. The van der Waals surface area contributed by atoms with E-state index in [1.165, 1.54) is 5.56 Å². The monoisotopic (exact) mass is 351 g/mol. The molecule has 26 heavy (non-hydrogen) atoms. The fourth-order valence-corrected chi connectivity index (χ4v) is 4.25. The molecule has 2 saturated heterocycles. The number of benzene rings is 1. The maximum atomic E-state index is 13.1. The smallest absolute Gasteiger partial charge is 0.230 e. The van der Waals surface area contributed by atoms with Gasteiger partial charge in [0.15, 0.2) is 0 Å². The number of likely N-dealkylation sites (tertiary alicyclic amines) is 2. The molecule has 1 aromatic carbocycles. The lowest BCUT2D eigenvalue weighted by molar-refractivity contribution is -0.136. The zero-order valence-corrected chi connectivity index (χ0v) is 15.2. The fraction of sp³-hybridized carbons (Fsp3) is 0.429. The zero-order chi connectivity index (χ0) is 18.0. The molecule has 2 aliphatic heterocycles. The number of amides is 1. The van der Waals surface area contributed by atoms with E-state index in [1.54, 1.807) is 7.11 Å². The second-order valence-corrected chi connectivity index (χ2v) is 7.42. The molecule has 5 heteroatoms. The Labute approximate surface area is 154 Å². The van der Waals surface area contributed by atoms with E-state index in [2.05, 4.69) is 28.1 Å². The van der Waals surface area contributed by atoms with Crippen molar-refractivity contribution in [1.82, 2.24) is 14.8 Å². The highest BCUT2D eigenvalue weighted by Crippen LogP contribution is 2.41. The second-order valence-electron chi connectivity index (χ2n) is 7.42. The van der Waals surface area contributed by atoms with E-state index in [4.69, 9.17) is 4.74 Å². The molecule has 136 valence electrons. The summed E-state index contributed by atoms with van der Waals surface area (Å²) in [4.78, 5) is 21.6. The van der Waals surface area contributed by atoms with E-state index in [0.717, 1.165) is 50.3 Å². The third kappa shape index (κ3) is 3.31. The Hall–Kier alpha value is -2.40. The van der Waals surface area contributed by atoms with E-state index < -0.39 is 0 Å². The fourth-order valence-electron chi connectivity index (χ4n) is 4.25. The average molecular weight is 351 g/mol. The molecule has 0 aliphatic carbocycles. The lowest BCUT2D eigenvalue weighted by Crippen LogP contribution is -2.36. The number of methoxy groups -OCH3 is 1. The van der Waals surface area contributed by atoms with Gasteiger partial charge in [0.05, 0.1) is 12.5 Å². The van der Waals surface area contributed by atoms with E-state index in [0.29, 0.717) is 12.5 Å². The van der Waals surface area contributed by atoms with Crippen LogP contribution in [0.15, 0.2) is 48.8 Å². The van der Waals surface area contributed by atoms with Crippen LogP contribution in [-0.4, -0.2) is 47.4 Å². The number of hydrogen-bond donors (Lipinski definition) is 0. The van der Waals surface area contributed by atoms with Crippen molar-refractivity contribution < 1.29 is 9.53 Å². The molecule has 0 unspecified atom stereocenters. The number of pyridine rings is 1. The van der Waals surface area contributed by atoms with Crippen molar-refractivity contribution >= 4 is 5.91 Å². The van der Waals surface area contributed by atoms with Gasteiger partial charge in [-0.1, -0.05) is 12.1 Å². The first-order valence-corrected chi connectivity index (χ1v) is 9.22. The van der Waals surface area contributed by atoms with Gasteiger partial charge in [0.1, 0.15) is 5.75 Å². The Bertz CT molecular complexity index is 780. The van der Waals surface area contributed by atoms with Gasteiger partial charge in [-0.25, -0.2) is 0 Å². The van der Waals surface area contributed by atoms with Crippen molar-refractivity contribution in [2.24, 2.45) is 5.41 Å². The summed E-state index contributed by atoms with van der Waals surface area (Å²) in [5.41, 5.74) is 2.20. The topological polar surface area (TPSA) is 45.7 Å². The highest BCUT2D eigenvalue weighted by molar-refractivity contribution is 5.85. The van der Waals surface area contributed by atoms with Crippen LogP contribution in [0.4, 0.5) is 0 Å². The van der Waals surface area contributed by atoms with Crippen LogP contribution in [0.1, 0.15) is 24.0 Å². The first-order valence-electron chi connectivity index (χ1n) is 9.22. The molecule has 4 rings (SSSR count). The largest absolute Gasteiger partial charge is 0.497 e. The number of rotatable bonds is 5. The van der Waals surface area contributed by atoms with Gasteiger partial charge in [0.25, 0.3) is 0 Å². The number of ether oxygens (including phenoxy) is 1. The second kappa shape index (κ2) is 7.08. The summed E-state index contributed by atoms with van der Waals surface area (Å²) in [6, 6.07) is 12.1. The van der Waals surface area contributed by atoms with E-state index >= 15 is 0 Å². The van der Waals surface area contributed by atoms with Crippen molar-refractivity contribution in [2.75, 3.05) is 26.7 Å². The van der Waals surface area contributed by atoms with Crippen LogP contribution < -0.4 is 4.74 Å². The standard InChI is InChI=1S/C21H25N3O2/c1-26-19-4-2-3-18(13-19)15-24-12-8-21(20(24)25)7-11-23(16-21)14-17-5-9-22-10-6-17/h2-6,9-10,13H,7-8,11-12,14-16H2,1H3/t21-/m1/s1. The number of carbonyl (C=O) groups excluding carboxylic acids is 1. The average Bonchev–Trinajstić information content (AvgIpc) is 3.22. The predicted molar refractivity (Wildman–Crippen MR) is 99.6 cm³/mol. The minimum absolute atomic E-state index is 0.189. The molecule has 1 amide bonds. The molecule has 2 fully saturated rings. The first-order chi connectivity index (χ1) is 12.7. The molecule has 2 aromatic rings. The number of carbonyl (C=O) groups is 1. The molecular formula is C21H25N3O2. The Balaban J connectivity index is 1.40. The zero-order valence-electron chi connectivity index (χ0n) is 15.2. The van der Waals surface area contributed by atoms with Crippen molar-refractivity contribution in [3.63, 3.8) is 0 Å². The molecule has 1 atom stereocenters. The predicted octanol–water partition coefficient (Wildman–Crippen LogP) is 2.71. The molecule has 0 radical (unpaired) electrons. The van der Waals surface area contributed by atoms with Crippen LogP contribution in [0, 0.1) is 5.41 Å². The van der Waals surface area contributed by atoms with Crippen LogP contribution in [0.25, 0.3) is 0 Å². The molecule has 0 N–H and O–H groups in total. The summed E-state index contributed by atoms with van der Waals surface area (Å²) in [5.74, 6) is 1.16. The molecule has 0 bridgehead atoms. The lowest BCUT2D eigenvalue weighted by Gasteiger charge is -2.24. The van der Waals surface area contributed by atoms with E-state index in [-0.39, 0.29) is 5.41 Å². The molecule has 2 aliphatic rings. The highest BCUT2D eigenvalue weighted by Gasteiger charge is 2.50. The highest BCUT2D eigenvalue weighted by atomic mass is 16.5. The SMILES string of the molecule is COc1cccc(CN2CC[C@@]3(CCN(Cc4ccncc4)C3)C2=O)c1. The Kier molecular flexibility index (Phi) is 4.64. The van der Waals surface area contributed by atoms with Gasteiger partial charge in [0, 0.05) is 38.6 Å². The Morgan fingerprint density at radius 3 is 2.69 bits per heavy atom. The van der Waals surface area contributed by atoms with Crippen molar-refractivity contribution in [3.8, 4) is 5.75 Å².